The summed E-state index contributed by atoms with van der Waals surface area (Å²) in [5, 5.41) is 17.4. The van der Waals surface area contributed by atoms with Crippen LogP contribution in [0.1, 0.15) is 24.1 Å². The summed E-state index contributed by atoms with van der Waals surface area (Å²) >= 11 is 0. The topological polar surface area (TPSA) is 92.4 Å². The van der Waals surface area contributed by atoms with Gasteiger partial charge in [-0.25, -0.2) is 13.6 Å². The predicted octanol–water partition coefficient (Wildman–Crippen LogP) is 2.00. The molecule has 0 aliphatic carbocycles. The van der Waals surface area contributed by atoms with Crippen molar-refractivity contribution in [2.75, 3.05) is 5.32 Å². The van der Waals surface area contributed by atoms with Crippen LogP contribution in [-0.2, 0) is 16.6 Å². The van der Waals surface area contributed by atoms with Crippen molar-refractivity contribution in [3.63, 3.8) is 0 Å². The molecule has 2 rings (SSSR count). The molecule has 2 aromatic carbocycles. The number of anilines is 1. The fourth-order valence-electron chi connectivity index (χ4n) is 2.00. The average Bonchev–Trinajstić information content (AvgIpc) is 2.47. The van der Waals surface area contributed by atoms with E-state index < -0.39 is 10.0 Å². The normalized spacial score (nSPS) is 12.9. The zero-order valence-corrected chi connectivity index (χ0v) is 12.5. The van der Waals surface area contributed by atoms with Gasteiger partial charge in [-0.15, -0.1) is 0 Å². The lowest BCUT2D eigenvalue weighted by molar-refractivity contribution is 0.282. The summed E-state index contributed by atoms with van der Waals surface area (Å²) < 4.78 is 22.7. The maximum Gasteiger partial charge on any atom is 0.238 e. The van der Waals surface area contributed by atoms with Crippen molar-refractivity contribution in [3.05, 3.63) is 59.7 Å². The van der Waals surface area contributed by atoms with E-state index in [1.54, 1.807) is 12.1 Å². The number of aliphatic hydroxyl groups is 1. The van der Waals surface area contributed by atoms with Gasteiger partial charge < -0.3 is 10.4 Å². The minimum absolute atomic E-state index is 0.00619. The van der Waals surface area contributed by atoms with Gasteiger partial charge in [-0.2, -0.15) is 0 Å². The third kappa shape index (κ3) is 4.04. The molecule has 0 fully saturated rings. The van der Waals surface area contributed by atoms with Crippen molar-refractivity contribution in [2.45, 2.75) is 24.5 Å². The first-order chi connectivity index (χ1) is 9.90. The molecule has 0 bridgehead atoms. The van der Waals surface area contributed by atoms with Gasteiger partial charge in [0.2, 0.25) is 10.0 Å². The molecular weight excluding hydrogens is 288 g/mol. The number of nitrogens with two attached hydrogens (primary N) is 1. The Morgan fingerprint density at radius 1 is 1.19 bits per heavy atom. The Hall–Kier alpha value is -1.89. The smallest absolute Gasteiger partial charge is 0.238 e. The van der Waals surface area contributed by atoms with Crippen LogP contribution in [0, 0.1) is 0 Å². The molecule has 0 aliphatic rings. The number of primary sulfonamides is 1. The van der Waals surface area contributed by atoms with Gasteiger partial charge >= 0.3 is 0 Å². The van der Waals surface area contributed by atoms with Crippen LogP contribution in [0.2, 0.25) is 0 Å². The van der Waals surface area contributed by atoms with Crippen molar-refractivity contribution in [1.29, 1.82) is 0 Å². The zero-order valence-electron chi connectivity index (χ0n) is 11.7. The summed E-state index contributed by atoms with van der Waals surface area (Å²) in [5.74, 6) is 0. The van der Waals surface area contributed by atoms with Crippen molar-refractivity contribution in [3.8, 4) is 0 Å². The molecule has 2 aromatic rings. The van der Waals surface area contributed by atoms with Crippen LogP contribution in [-0.4, -0.2) is 13.5 Å². The maximum absolute atomic E-state index is 11.4. The van der Waals surface area contributed by atoms with E-state index in [2.05, 4.69) is 5.32 Å². The monoisotopic (exact) mass is 306 g/mol. The molecule has 0 aliphatic heterocycles. The number of benzene rings is 2. The second-order valence-corrected chi connectivity index (χ2v) is 6.40. The molecular formula is C15H18N2O3S. The molecule has 0 radical (unpaired) electrons. The number of aliphatic hydroxyl groups excluding tert-OH is 1. The molecule has 21 heavy (non-hydrogen) atoms. The quantitative estimate of drug-likeness (QED) is 0.787. The number of hydrogen-bond acceptors (Lipinski definition) is 4. The molecule has 0 saturated heterocycles. The Bertz CT molecular complexity index is 712. The van der Waals surface area contributed by atoms with Crippen LogP contribution < -0.4 is 10.5 Å². The molecule has 5 nitrogen and oxygen atoms in total. The highest BCUT2D eigenvalue weighted by Gasteiger charge is 2.11. The van der Waals surface area contributed by atoms with Crippen LogP contribution in [0.25, 0.3) is 0 Å². The van der Waals surface area contributed by atoms with Crippen molar-refractivity contribution in [1.82, 2.24) is 0 Å². The molecule has 0 spiro atoms. The van der Waals surface area contributed by atoms with Crippen LogP contribution in [0.5, 0.6) is 0 Å². The lowest BCUT2D eigenvalue weighted by Crippen LogP contribution is -2.13. The third-order valence-corrected chi connectivity index (χ3v) is 4.12. The molecule has 1 unspecified atom stereocenters. The lowest BCUT2D eigenvalue weighted by atomic mass is 10.1. The Kier molecular flexibility index (Phi) is 4.62. The van der Waals surface area contributed by atoms with Gasteiger partial charge in [-0.1, -0.05) is 24.3 Å². The van der Waals surface area contributed by atoms with E-state index >= 15 is 0 Å². The Labute approximate surface area is 124 Å². The van der Waals surface area contributed by atoms with E-state index in [0.29, 0.717) is 0 Å². The highest BCUT2D eigenvalue weighted by molar-refractivity contribution is 7.89. The summed E-state index contributed by atoms with van der Waals surface area (Å²) in [6.07, 6.45) is 0. The van der Waals surface area contributed by atoms with Gasteiger partial charge in [0, 0.05) is 11.7 Å². The van der Waals surface area contributed by atoms with Gasteiger partial charge in [0.1, 0.15) is 0 Å². The summed E-state index contributed by atoms with van der Waals surface area (Å²) in [5.41, 5.74) is 2.55. The maximum atomic E-state index is 11.4. The van der Waals surface area contributed by atoms with E-state index in [1.807, 2.05) is 37.3 Å². The Balaban J connectivity index is 2.18. The number of rotatable bonds is 5. The molecule has 4 N–H and O–H groups in total. The molecule has 0 aromatic heterocycles. The standard InChI is InChI=1S/C15H18N2O3S/c1-11(17-14-7-5-12(10-18)6-8-14)13-3-2-4-15(9-13)21(16,19)20/h2-9,11,17-18H,10H2,1H3,(H2,16,19,20). The Morgan fingerprint density at radius 2 is 1.86 bits per heavy atom. The van der Waals surface area contributed by atoms with Crippen LogP contribution in [0.3, 0.4) is 0 Å². The van der Waals surface area contributed by atoms with Crippen molar-refractivity contribution < 1.29 is 13.5 Å². The third-order valence-electron chi connectivity index (χ3n) is 3.21. The van der Waals surface area contributed by atoms with E-state index in [-0.39, 0.29) is 17.5 Å². The highest BCUT2D eigenvalue weighted by atomic mass is 32.2. The van der Waals surface area contributed by atoms with Gasteiger partial charge in [-0.05, 0) is 42.3 Å². The second kappa shape index (κ2) is 6.26. The molecule has 0 amide bonds. The number of sulfonamides is 1. The SMILES string of the molecule is CC(Nc1ccc(CO)cc1)c1cccc(S(N)(=O)=O)c1. The van der Waals surface area contributed by atoms with Crippen LogP contribution in [0.4, 0.5) is 5.69 Å². The molecule has 6 heteroatoms. The predicted molar refractivity (Wildman–Crippen MR) is 82.2 cm³/mol. The van der Waals surface area contributed by atoms with Gasteiger partial charge in [-0.3, -0.25) is 0 Å². The molecule has 1 atom stereocenters. The summed E-state index contributed by atoms with van der Waals surface area (Å²) in [6, 6.07) is 13.9. The first-order valence-corrected chi connectivity index (χ1v) is 8.04. The minimum atomic E-state index is -3.70. The first-order valence-electron chi connectivity index (χ1n) is 6.49. The van der Waals surface area contributed by atoms with E-state index in [4.69, 9.17) is 10.2 Å². The second-order valence-electron chi connectivity index (χ2n) is 4.84. The van der Waals surface area contributed by atoms with Gasteiger partial charge in [0.05, 0.1) is 11.5 Å². The van der Waals surface area contributed by atoms with Crippen LogP contribution >= 0.6 is 0 Å². The summed E-state index contributed by atoms with van der Waals surface area (Å²) in [6.45, 7) is 1.94. The molecule has 0 saturated carbocycles. The number of hydrogen-bond donors (Lipinski definition) is 3. The van der Waals surface area contributed by atoms with E-state index in [0.717, 1.165) is 16.8 Å². The lowest BCUT2D eigenvalue weighted by Gasteiger charge is -2.16. The fourth-order valence-corrected chi connectivity index (χ4v) is 2.57. The average molecular weight is 306 g/mol. The first kappa shape index (κ1) is 15.5. The fraction of sp³-hybridized carbons (Fsp3) is 0.200. The van der Waals surface area contributed by atoms with Gasteiger partial charge in [0.15, 0.2) is 0 Å². The van der Waals surface area contributed by atoms with E-state index in [9.17, 15) is 8.42 Å². The highest BCUT2D eigenvalue weighted by Crippen LogP contribution is 2.21. The van der Waals surface area contributed by atoms with Crippen LogP contribution in [0.15, 0.2) is 53.4 Å². The molecule has 112 valence electrons. The van der Waals surface area contributed by atoms with E-state index in [1.165, 1.54) is 6.07 Å². The van der Waals surface area contributed by atoms with Gasteiger partial charge in [0.25, 0.3) is 0 Å². The minimum Gasteiger partial charge on any atom is -0.392 e. The largest absolute Gasteiger partial charge is 0.392 e. The zero-order chi connectivity index (χ0) is 15.5. The number of nitrogens with one attached hydrogen (secondary N) is 1. The molecule has 0 heterocycles. The van der Waals surface area contributed by atoms with Crippen molar-refractivity contribution in [2.24, 2.45) is 5.14 Å². The Morgan fingerprint density at radius 3 is 2.43 bits per heavy atom. The summed E-state index contributed by atoms with van der Waals surface area (Å²) in [4.78, 5) is 0.101. The summed E-state index contributed by atoms with van der Waals surface area (Å²) in [7, 11) is -3.70. The van der Waals surface area contributed by atoms with Crippen molar-refractivity contribution >= 4 is 15.7 Å².